The molecule has 1 aliphatic carbocycles. The van der Waals surface area contributed by atoms with Crippen molar-refractivity contribution in [2.45, 2.75) is 37.5 Å². The first kappa shape index (κ1) is 13.4. The number of thiol groups is 1. The summed E-state index contributed by atoms with van der Waals surface area (Å²) >= 11 is 4.12. The molecule has 0 heterocycles. The second-order valence-corrected chi connectivity index (χ2v) is 5.88. The number of rotatable bonds is 3. The van der Waals surface area contributed by atoms with E-state index in [2.05, 4.69) is 24.9 Å². The van der Waals surface area contributed by atoms with Gasteiger partial charge in [0.15, 0.2) is 0 Å². The summed E-state index contributed by atoms with van der Waals surface area (Å²) in [5.74, 6) is -0.849. The van der Waals surface area contributed by atoms with E-state index >= 15 is 0 Å². The van der Waals surface area contributed by atoms with E-state index in [-0.39, 0.29) is 16.9 Å². The van der Waals surface area contributed by atoms with Crippen LogP contribution in [0.5, 0.6) is 0 Å². The highest BCUT2D eigenvalue weighted by Gasteiger charge is 2.29. The third kappa shape index (κ3) is 3.05. The quantitative estimate of drug-likeness (QED) is 0.807. The first-order valence-corrected chi connectivity index (χ1v) is 6.72. The molecule has 98 valence electrons. The van der Waals surface area contributed by atoms with Crippen molar-refractivity contribution in [2.24, 2.45) is 5.41 Å². The molecule has 1 amide bonds. The van der Waals surface area contributed by atoms with Crippen LogP contribution in [-0.4, -0.2) is 12.5 Å². The normalized spacial score (nSPS) is 17.7. The molecule has 0 spiro atoms. The minimum Gasteiger partial charge on any atom is -0.351 e. The van der Waals surface area contributed by atoms with Crippen molar-refractivity contribution in [3.05, 3.63) is 29.6 Å². The zero-order valence-electron chi connectivity index (χ0n) is 10.5. The molecule has 0 radical (unpaired) electrons. The van der Waals surface area contributed by atoms with Crippen LogP contribution in [0.3, 0.4) is 0 Å². The molecule has 1 N–H and O–H groups in total. The molecule has 18 heavy (non-hydrogen) atoms. The summed E-state index contributed by atoms with van der Waals surface area (Å²) in [7, 11) is 0. The monoisotopic (exact) mass is 267 g/mol. The summed E-state index contributed by atoms with van der Waals surface area (Å²) in [6, 6.07) is 4.27. The maximum atomic E-state index is 13.5. The predicted molar refractivity (Wildman–Crippen MR) is 72.6 cm³/mol. The second kappa shape index (κ2) is 5.31. The largest absolute Gasteiger partial charge is 0.351 e. The lowest BCUT2D eigenvalue weighted by atomic mass is 9.89. The van der Waals surface area contributed by atoms with Crippen molar-refractivity contribution >= 4 is 18.5 Å². The van der Waals surface area contributed by atoms with E-state index in [1.54, 1.807) is 0 Å². The average Bonchev–Trinajstić information content (AvgIpc) is 2.77. The summed E-state index contributed by atoms with van der Waals surface area (Å²) in [4.78, 5) is 12.5. The third-order valence-corrected chi connectivity index (χ3v) is 3.96. The van der Waals surface area contributed by atoms with Gasteiger partial charge in [0.25, 0.3) is 5.91 Å². The Kier molecular flexibility index (Phi) is 3.95. The van der Waals surface area contributed by atoms with Crippen LogP contribution < -0.4 is 5.32 Å². The van der Waals surface area contributed by atoms with E-state index in [0.717, 1.165) is 12.8 Å². The van der Waals surface area contributed by atoms with E-state index in [9.17, 15) is 9.18 Å². The Morgan fingerprint density at radius 1 is 1.44 bits per heavy atom. The van der Waals surface area contributed by atoms with Gasteiger partial charge in [0, 0.05) is 11.4 Å². The lowest BCUT2D eigenvalue weighted by molar-refractivity contribution is 0.0930. The lowest BCUT2D eigenvalue weighted by Crippen LogP contribution is -2.34. The zero-order valence-corrected chi connectivity index (χ0v) is 11.4. The summed E-state index contributed by atoms with van der Waals surface area (Å²) in [6.45, 7) is 2.79. The molecule has 1 fully saturated rings. The van der Waals surface area contributed by atoms with Gasteiger partial charge in [0.05, 0.1) is 5.56 Å². The van der Waals surface area contributed by atoms with Crippen LogP contribution in [0.25, 0.3) is 0 Å². The molecule has 1 aromatic carbocycles. The van der Waals surface area contributed by atoms with Crippen molar-refractivity contribution in [3.63, 3.8) is 0 Å². The highest BCUT2D eigenvalue weighted by molar-refractivity contribution is 7.80. The van der Waals surface area contributed by atoms with Crippen molar-refractivity contribution in [1.29, 1.82) is 0 Å². The minimum atomic E-state index is -0.498. The molecule has 1 saturated carbocycles. The molecule has 0 saturated heterocycles. The van der Waals surface area contributed by atoms with Crippen molar-refractivity contribution in [3.8, 4) is 0 Å². The molecular formula is C14H18FNOS. The Hall–Kier alpha value is -1.03. The zero-order chi connectivity index (χ0) is 13.2. The van der Waals surface area contributed by atoms with Crippen molar-refractivity contribution in [1.82, 2.24) is 5.32 Å². The van der Waals surface area contributed by atoms with Gasteiger partial charge in [-0.1, -0.05) is 19.8 Å². The number of amides is 1. The molecule has 2 rings (SSSR count). The van der Waals surface area contributed by atoms with Crippen LogP contribution in [0.4, 0.5) is 4.39 Å². The Morgan fingerprint density at radius 2 is 2.11 bits per heavy atom. The van der Waals surface area contributed by atoms with E-state index < -0.39 is 5.82 Å². The highest BCUT2D eigenvalue weighted by atomic mass is 32.1. The fourth-order valence-corrected chi connectivity index (χ4v) is 2.69. The number of halogens is 1. The van der Waals surface area contributed by atoms with E-state index in [1.807, 2.05) is 0 Å². The Bertz CT molecular complexity index is 455. The minimum absolute atomic E-state index is 0.0732. The van der Waals surface area contributed by atoms with Crippen LogP contribution >= 0.6 is 12.6 Å². The summed E-state index contributed by atoms with van der Waals surface area (Å²) in [5.41, 5.74) is 0.245. The van der Waals surface area contributed by atoms with Gasteiger partial charge in [-0.05, 0) is 36.5 Å². The number of carbonyl (C=O) groups is 1. The SMILES string of the molecule is CC1(CNC(=O)c2cc(S)ccc2F)CCCC1. The summed E-state index contributed by atoms with van der Waals surface area (Å²) in [5, 5.41) is 2.84. The Morgan fingerprint density at radius 3 is 2.78 bits per heavy atom. The lowest BCUT2D eigenvalue weighted by Gasteiger charge is -2.23. The Labute approximate surface area is 112 Å². The van der Waals surface area contributed by atoms with Gasteiger partial charge in [-0.2, -0.15) is 0 Å². The van der Waals surface area contributed by atoms with Gasteiger partial charge in [-0.3, -0.25) is 4.79 Å². The van der Waals surface area contributed by atoms with Crippen molar-refractivity contribution in [2.75, 3.05) is 6.54 Å². The smallest absolute Gasteiger partial charge is 0.254 e. The van der Waals surface area contributed by atoms with Crippen molar-refractivity contribution < 1.29 is 9.18 Å². The predicted octanol–water partition coefficient (Wildman–Crippen LogP) is 3.42. The molecule has 1 aromatic rings. The van der Waals surface area contributed by atoms with Gasteiger partial charge in [0.1, 0.15) is 5.82 Å². The van der Waals surface area contributed by atoms with Crippen LogP contribution in [-0.2, 0) is 0 Å². The first-order valence-electron chi connectivity index (χ1n) is 6.27. The first-order chi connectivity index (χ1) is 8.50. The van der Waals surface area contributed by atoms with Gasteiger partial charge in [-0.15, -0.1) is 12.6 Å². The molecular weight excluding hydrogens is 249 g/mol. The van der Waals surface area contributed by atoms with E-state index in [4.69, 9.17) is 0 Å². The molecule has 2 nitrogen and oxygen atoms in total. The number of carbonyl (C=O) groups excluding carboxylic acids is 1. The van der Waals surface area contributed by atoms with Gasteiger partial charge in [-0.25, -0.2) is 4.39 Å². The number of hydrogen-bond donors (Lipinski definition) is 2. The molecule has 1 aliphatic rings. The van der Waals surface area contributed by atoms with Gasteiger partial charge >= 0.3 is 0 Å². The third-order valence-electron chi connectivity index (χ3n) is 3.68. The number of hydrogen-bond acceptors (Lipinski definition) is 2. The molecule has 0 unspecified atom stereocenters. The molecule has 0 atom stereocenters. The standard InChI is InChI=1S/C14H18FNOS/c1-14(6-2-3-7-14)9-16-13(17)11-8-10(18)4-5-12(11)15/h4-5,8,18H,2-3,6-7,9H2,1H3,(H,16,17). The van der Waals surface area contributed by atoms with Crippen LogP contribution in [0.2, 0.25) is 0 Å². The molecule has 0 bridgehead atoms. The van der Waals surface area contributed by atoms with Gasteiger partial charge in [0.2, 0.25) is 0 Å². The maximum Gasteiger partial charge on any atom is 0.254 e. The van der Waals surface area contributed by atoms with Crippen LogP contribution in [0, 0.1) is 11.2 Å². The van der Waals surface area contributed by atoms with E-state index in [0.29, 0.717) is 11.4 Å². The Balaban J connectivity index is 2.01. The molecule has 0 aliphatic heterocycles. The summed E-state index contributed by atoms with van der Waals surface area (Å²) in [6.07, 6.45) is 4.68. The van der Waals surface area contributed by atoms with Gasteiger partial charge < -0.3 is 5.32 Å². The average molecular weight is 267 g/mol. The molecule has 0 aromatic heterocycles. The highest BCUT2D eigenvalue weighted by Crippen LogP contribution is 2.36. The fourth-order valence-electron chi connectivity index (χ4n) is 2.48. The molecule has 4 heteroatoms. The fraction of sp³-hybridized carbons (Fsp3) is 0.500. The number of nitrogens with one attached hydrogen (secondary N) is 1. The number of benzene rings is 1. The second-order valence-electron chi connectivity index (χ2n) is 5.36. The maximum absolute atomic E-state index is 13.5. The van der Waals surface area contributed by atoms with Crippen LogP contribution in [0.1, 0.15) is 43.0 Å². The van der Waals surface area contributed by atoms with E-state index in [1.165, 1.54) is 31.0 Å². The topological polar surface area (TPSA) is 29.1 Å². The summed E-state index contributed by atoms with van der Waals surface area (Å²) < 4.78 is 13.5. The van der Waals surface area contributed by atoms with Crippen LogP contribution in [0.15, 0.2) is 23.1 Å².